The topological polar surface area (TPSA) is 132 Å². The first-order chi connectivity index (χ1) is 21.8. The second kappa shape index (κ2) is 15.2. The first-order valence-electron chi connectivity index (χ1n) is 14.9. The number of unbranched alkanes of at least 4 members (excludes halogenated alkanes) is 1. The summed E-state index contributed by atoms with van der Waals surface area (Å²) < 4.78 is 22.1. The van der Waals surface area contributed by atoms with Gasteiger partial charge in [-0.25, -0.2) is 15.0 Å². The van der Waals surface area contributed by atoms with E-state index in [-0.39, 0.29) is 18.0 Å². The standard InChI is InChI=1S/C31H39Cl2N7O5/c1-5-25(41)36-21-16-45-17-22(21)38-31-35-14-18-12-20(26-27(32)23(43-3)13-24(44-4)28(26)33)37-30(29(18)39-31)34-9-6-7-10-40-11-8-19(15-40)42-2/h5,12-14,19,21-22H,1,6-11,15-17H2,2-4H3,(H,34,37)(H,36,41)(H,35,38,39)/t19?,21-,22+/m0/s1. The van der Waals surface area contributed by atoms with Gasteiger partial charge < -0.3 is 39.8 Å². The molecule has 2 aromatic heterocycles. The lowest BCUT2D eigenvalue weighted by Gasteiger charge is -2.20. The Labute approximate surface area is 272 Å². The first-order valence-corrected chi connectivity index (χ1v) is 15.6. The SMILES string of the molecule is C=CC(=O)N[C@H]1COC[C@H]1Nc1ncc2cc(-c3c(Cl)c(OC)cc(OC)c3Cl)nc(NCCCCN3CCC(OC)C3)c2n1. The van der Waals surface area contributed by atoms with Crippen LogP contribution in [0.25, 0.3) is 22.2 Å². The van der Waals surface area contributed by atoms with Gasteiger partial charge in [0.05, 0.1) is 61.4 Å². The number of hydrogen-bond acceptors (Lipinski definition) is 11. The fourth-order valence-electron chi connectivity index (χ4n) is 5.58. The number of aromatic nitrogens is 3. The second-order valence-corrected chi connectivity index (χ2v) is 11.7. The summed E-state index contributed by atoms with van der Waals surface area (Å²) in [4.78, 5) is 28.7. The maximum atomic E-state index is 11.9. The molecule has 0 saturated carbocycles. The highest BCUT2D eigenvalue weighted by atomic mass is 35.5. The van der Waals surface area contributed by atoms with Gasteiger partial charge in [0.2, 0.25) is 11.9 Å². The Kier molecular flexibility index (Phi) is 11.2. The highest BCUT2D eigenvalue weighted by Gasteiger charge is 2.30. The molecule has 2 fully saturated rings. The molecule has 1 amide bonds. The molecule has 3 N–H and O–H groups in total. The number of pyridine rings is 1. The third-order valence-corrected chi connectivity index (χ3v) is 8.81. The molecular formula is C31H39Cl2N7O5. The van der Waals surface area contributed by atoms with Gasteiger partial charge in [-0.05, 0) is 37.9 Å². The molecule has 242 valence electrons. The van der Waals surface area contributed by atoms with Crippen molar-refractivity contribution in [2.75, 3.05) is 71.4 Å². The number of benzene rings is 1. The van der Waals surface area contributed by atoms with Gasteiger partial charge in [-0.2, -0.15) is 0 Å². The summed E-state index contributed by atoms with van der Waals surface area (Å²) >= 11 is 13.5. The van der Waals surface area contributed by atoms with Crippen molar-refractivity contribution in [2.45, 2.75) is 37.5 Å². The van der Waals surface area contributed by atoms with Gasteiger partial charge in [0, 0.05) is 50.0 Å². The van der Waals surface area contributed by atoms with Gasteiger partial charge >= 0.3 is 0 Å². The normalized spacial score (nSPS) is 19.9. The van der Waals surface area contributed by atoms with Crippen LogP contribution in [0, 0.1) is 0 Å². The van der Waals surface area contributed by atoms with Crippen LogP contribution in [0.1, 0.15) is 19.3 Å². The number of anilines is 2. The van der Waals surface area contributed by atoms with Crippen LogP contribution in [0.2, 0.25) is 10.0 Å². The van der Waals surface area contributed by atoms with Crippen LogP contribution < -0.4 is 25.4 Å². The number of rotatable bonds is 14. The van der Waals surface area contributed by atoms with Crippen LogP contribution in [0.4, 0.5) is 11.8 Å². The number of hydrogen-bond donors (Lipinski definition) is 3. The molecule has 2 saturated heterocycles. The van der Waals surface area contributed by atoms with Crippen molar-refractivity contribution in [3.63, 3.8) is 0 Å². The molecule has 12 nitrogen and oxygen atoms in total. The fraction of sp³-hybridized carbons (Fsp3) is 0.484. The zero-order valence-electron chi connectivity index (χ0n) is 25.7. The number of nitrogens with zero attached hydrogens (tertiary/aromatic N) is 4. The van der Waals surface area contributed by atoms with Gasteiger partial charge in [-0.1, -0.05) is 29.8 Å². The number of carbonyl (C=O) groups excluding carboxylic acids is 1. The summed E-state index contributed by atoms with van der Waals surface area (Å²) in [6, 6.07) is 3.00. The minimum atomic E-state index is -0.269. The third-order valence-electron chi connectivity index (χ3n) is 8.06. The lowest BCUT2D eigenvalue weighted by molar-refractivity contribution is -0.117. The number of methoxy groups -OCH3 is 3. The van der Waals surface area contributed by atoms with Crippen molar-refractivity contribution in [3.8, 4) is 22.8 Å². The van der Waals surface area contributed by atoms with Crippen molar-refractivity contribution >= 4 is 51.8 Å². The van der Waals surface area contributed by atoms with E-state index in [2.05, 4.69) is 32.4 Å². The Morgan fingerprint density at radius 1 is 1.11 bits per heavy atom. The molecule has 1 unspecified atom stereocenters. The highest BCUT2D eigenvalue weighted by molar-refractivity contribution is 6.41. The monoisotopic (exact) mass is 659 g/mol. The number of ether oxygens (including phenoxy) is 4. The molecule has 5 rings (SSSR count). The summed E-state index contributed by atoms with van der Waals surface area (Å²) in [5, 5.41) is 11.0. The van der Waals surface area contributed by atoms with E-state index in [1.54, 1.807) is 19.4 Å². The number of halogens is 2. The molecule has 14 heteroatoms. The maximum Gasteiger partial charge on any atom is 0.243 e. The maximum absolute atomic E-state index is 11.9. The number of fused-ring (bicyclic) bond motifs is 1. The van der Waals surface area contributed by atoms with Crippen LogP contribution in [0.5, 0.6) is 11.5 Å². The lowest BCUT2D eigenvalue weighted by atomic mass is 10.1. The summed E-state index contributed by atoms with van der Waals surface area (Å²) in [7, 11) is 4.83. The largest absolute Gasteiger partial charge is 0.495 e. The fourth-order valence-corrected chi connectivity index (χ4v) is 6.27. The van der Waals surface area contributed by atoms with E-state index in [1.807, 2.05) is 6.07 Å². The highest BCUT2D eigenvalue weighted by Crippen LogP contribution is 2.46. The molecule has 2 aliphatic heterocycles. The van der Waals surface area contributed by atoms with Crippen molar-refractivity contribution in [3.05, 3.63) is 41.0 Å². The molecule has 3 atom stereocenters. The molecule has 0 spiro atoms. The van der Waals surface area contributed by atoms with E-state index in [0.717, 1.165) is 44.3 Å². The molecule has 3 aromatic rings. The van der Waals surface area contributed by atoms with Crippen LogP contribution in [-0.2, 0) is 14.3 Å². The van der Waals surface area contributed by atoms with Crippen LogP contribution in [-0.4, -0.2) is 105 Å². The average Bonchev–Trinajstić information content (AvgIpc) is 3.70. The van der Waals surface area contributed by atoms with Gasteiger partial charge in [0.25, 0.3) is 0 Å². The number of nitrogens with one attached hydrogen (secondary N) is 3. The summed E-state index contributed by atoms with van der Waals surface area (Å²) in [5.41, 5.74) is 1.61. The molecule has 0 radical (unpaired) electrons. The van der Waals surface area contributed by atoms with Gasteiger partial charge in [0.1, 0.15) is 17.0 Å². The lowest BCUT2D eigenvalue weighted by Crippen LogP contribution is -2.45. The number of likely N-dealkylation sites (tertiary alicyclic amines) is 1. The molecule has 0 aliphatic carbocycles. The minimum absolute atomic E-state index is 0.222. The van der Waals surface area contributed by atoms with E-state index >= 15 is 0 Å². The molecular weight excluding hydrogens is 621 g/mol. The van der Waals surface area contributed by atoms with E-state index in [1.165, 1.54) is 20.3 Å². The Bertz CT molecular complexity index is 1500. The third kappa shape index (κ3) is 7.70. The second-order valence-electron chi connectivity index (χ2n) is 11.0. The van der Waals surface area contributed by atoms with Crippen molar-refractivity contribution < 1.29 is 23.7 Å². The van der Waals surface area contributed by atoms with Crippen LogP contribution in [0.3, 0.4) is 0 Å². The summed E-state index contributed by atoms with van der Waals surface area (Å²) in [5.74, 6) is 1.50. The van der Waals surface area contributed by atoms with Crippen molar-refractivity contribution in [2.24, 2.45) is 0 Å². The van der Waals surface area contributed by atoms with E-state index < -0.39 is 0 Å². The Balaban J connectivity index is 1.42. The van der Waals surface area contributed by atoms with Gasteiger partial charge in [-0.3, -0.25) is 4.79 Å². The summed E-state index contributed by atoms with van der Waals surface area (Å²) in [6.45, 7) is 8.01. The number of carbonyl (C=O) groups is 1. The van der Waals surface area contributed by atoms with E-state index in [9.17, 15) is 4.79 Å². The Morgan fingerprint density at radius 2 is 1.87 bits per heavy atom. The van der Waals surface area contributed by atoms with E-state index in [4.69, 9.17) is 52.1 Å². The zero-order valence-corrected chi connectivity index (χ0v) is 27.2. The van der Waals surface area contributed by atoms with Gasteiger partial charge in [0.15, 0.2) is 5.82 Å². The first kappa shape index (κ1) is 33.0. The average molecular weight is 661 g/mol. The van der Waals surface area contributed by atoms with Crippen LogP contribution >= 0.6 is 23.2 Å². The Hall–Kier alpha value is -3.42. The minimum Gasteiger partial charge on any atom is -0.495 e. The van der Waals surface area contributed by atoms with E-state index in [0.29, 0.717) is 75.9 Å². The zero-order chi connectivity index (χ0) is 31.9. The molecule has 2 aliphatic rings. The summed E-state index contributed by atoms with van der Waals surface area (Å²) in [6.07, 6.45) is 6.29. The molecule has 1 aromatic carbocycles. The van der Waals surface area contributed by atoms with Crippen LogP contribution in [0.15, 0.2) is 31.0 Å². The quantitative estimate of drug-likeness (QED) is 0.168. The van der Waals surface area contributed by atoms with Crippen molar-refractivity contribution in [1.82, 2.24) is 25.2 Å². The smallest absolute Gasteiger partial charge is 0.243 e. The predicted octanol–water partition coefficient (Wildman–Crippen LogP) is 4.41. The number of amides is 1. The molecule has 0 bridgehead atoms. The predicted molar refractivity (Wildman–Crippen MR) is 176 cm³/mol. The molecule has 45 heavy (non-hydrogen) atoms. The molecule has 4 heterocycles. The Morgan fingerprint density at radius 3 is 2.56 bits per heavy atom. The van der Waals surface area contributed by atoms with Crippen molar-refractivity contribution in [1.29, 1.82) is 0 Å². The van der Waals surface area contributed by atoms with Gasteiger partial charge in [-0.15, -0.1) is 0 Å².